The van der Waals surface area contributed by atoms with E-state index in [9.17, 15) is 12.8 Å². The summed E-state index contributed by atoms with van der Waals surface area (Å²) in [4.78, 5) is 8.94. The summed E-state index contributed by atoms with van der Waals surface area (Å²) in [5, 5.41) is 4.20. The zero-order valence-electron chi connectivity index (χ0n) is 17.8. The third-order valence-electron chi connectivity index (χ3n) is 5.12. The summed E-state index contributed by atoms with van der Waals surface area (Å²) in [6, 6.07) is 15.3. The van der Waals surface area contributed by atoms with E-state index >= 15 is 0 Å². The summed E-state index contributed by atoms with van der Waals surface area (Å²) in [7, 11) is -1.73. The number of aryl methyl sites for hydroxylation is 1. The standard InChI is InChI=1S/C23H19FN6O2S/c1-29-13-17(12-26-29)15-7-8-21-20(9-15)25-14-30(21)23-11-16(18-5-3-4-6-19(18)24)10-22(27-23)28-33(2,31)32/h3-14H,1-2H3,(H,27,28). The molecule has 0 aliphatic carbocycles. The van der Waals surface area contributed by atoms with Crippen molar-refractivity contribution in [2.75, 3.05) is 11.0 Å². The highest BCUT2D eigenvalue weighted by molar-refractivity contribution is 7.92. The molecule has 0 saturated heterocycles. The molecule has 3 heterocycles. The van der Waals surface area contributed by atoms with Crippen LogP contribution in [-0.4, -0.2) is 39.0 Å². The Morgan fingerprint density at radius 3 is 2.55 bits per heavy atom. The van der Waals surface area contributed by atoms with Gasteiger partial charge < -0.3 is 0 Å². The summed E-state index contributed by atoms with van der Waals surface area (Å²) in [6.07, 6.45) is 6.34. The maximum Gasteiger partial charge on any atom is 0.230 e. The van der Waals surface area contributed by atoms with Crippen LogP contribution in [0.3, 0.4) is 0 Å². The molecule has 0 bridgehead atoms. The maximum absolute atomic E-state index is 14.5. The largest absolute Gasteiger partial charge is 0.283 e. The second-order valence-corrected chi connectivity index (χ2v) is 9.42. The molecule has 0 unspecified atom stereocenters. The Morgan fingerprint density at radius 2 is 1.82 bits per heavy atom. The Kier molecular flexibility index (Phi) is 4.94. The number of imidazole rings is 1. The second-order valence-electron chi connectivity index (χ2n) is 7.67. The van der Waals surface area contributed by atoms with Crippen LogP contribution in [0.25, 0.3) is 39.1 Å². The van der Waals surface area contributed by atoms with Gasteiger partial charge in [-0.25, -0.2) is 22.8 Å². The summed E-state index contributed by atoms with van der Waals surface area (Å²) >= 11 is 0. The smallest absolute Gasteiger partial charge is 0.230 e. The number of fused-ring (bicyclic) bond motifs is 1. The van der Waals surface area contributed by atoms with Gasteiger partial charge in [0, 0.05) is 24.4 Å². The van der Waals surface area contributed by atoms with E-state index in [4.69, 9.17) is 0 Å². The fraction of sp³-hybridized carbons (Fsp3) is 0.0870. The minimum absolute atomic E-state index is 0.0853. The lowest BCUT2D eigenvalue weighted by Gasteiger charge is -2.12. The van der Waals surface area contributed by atoms with E-state index in [1.807, 2.05) is 31.4 Å². The molecular formula is C23H19FN6O2S. The molecule has 8 nitrogen and oxygen atoms in total. The van der Waals surface area contributed by atoms with Crippen LogP contribution >= 0.6 is 0 Å². The molecule has 3 aromatic heterocycles. The Morgan fingerprint density at radius 1 is 1.00 bits per heavy atom. The number of nitrogens with zero attached hydrogens (tertiary/aromatic N) is 5. The van der Waals surface area contributed by atoms with E-state index in [1.165, 1.54) is 12.1 Å². The van der Waals surface area contributed by atoms with Gasteiger partial charge in [-0.15, -0.1) is 0 Å². The minimum Gasteiger partial charge on any atom is -0.283 e. The molecule has 5 aromatic rings. The van der Waals surface area contributed by atoms with Gasteiger partial charge in [0.15, 0.2) is 0 Å². The average Bonchev–Trinajstić information content (AvgIpc) is 3.38. The van der Waals surface area contributed by atoms with Crippen LogP contribution in [0.5, 0.6) is 0 Å². The van der Waals surface area contributed by atoms with Gasteiger partial charge >= 0.3 is 0 Å². The molecular weight excluding hydrogens is 443 g/mol. The molecule has 0 aliphatic heterocycles. The first-order chi connectivity index (χ1) is 15.8. The van der Waals surface area contributed by atoms with Crippen molar-refractivity contribution < 1.29 is 12.8 Å². The van der Waals surface area contributed by atoms with E-state index in [1.54, 1.807) is 46.0 Å². The summed E-state index contributed by atoms with van der Waals surface area (Å²) < 4.78 is 44.0. The first-order valence-corrected chi connectivity index (χ1v) is 11.9. The van der Waals surface area contributed by atoms with Crippen molar-refractivity contribution in [3.8, 4) is 28.1 Å². The molecule has 5 rings (SSSR count). The maximum atomic E-state index is 14.5. The van der Waals surface area contributed by atoms with Crippen molar-refractivity contribution in [2.24, 2.45) is 7.05 Å². The number of benzene rings is 2. The van der Waals surface area contributed by atoms with Crippen molar-refractivity contribution in [1.29, 1.82) is 0 Å². The number of aromatic nitrogens is 5. The van der Waals surface area contributed by atoms with Crippen LogP contribution in [0, 0.1) is 5.82 Å². The first-order valence-electron chi connectivity index (χ1n) is 9.98. The third-order valence-corrected chi connectivity index (χ3v) is 5.70. The van der Waals surface area contributed by atoms with Crippen LogP contribution in [0.4, 0.5) is 10.2 Å². The zero-order chi connectivity index (χ0) is 23.2. The molecule has 0 radical (unpaired) electrons. The molecule has 2 aromatic carbocycles. The van der Waals surface area contributed by atoms with Crippen molar-refractivity contribution in [2.45, 2.75) is 0 Å². The fourth-order valence-electron chi connectivity index (χ4n) is 3.68. The molecule has 1 N–H and O–H groups in total. The molecule has 0 aliphatic rings. The molecule has 0 fully saturated rings. The van der Waals surface area contributed by atoms with Gasteiger partial charge in [-0.05, 0) is 41.5 Å². The zero-order valence-corrected chi connectivity index (χ0v) is 18.6. The molecule has 0 atom stereocenters. The van der Waals surface area contributed by atoms with Gasteiger partial charge in [-0.2, -0.15) is 5.10 Å². The second kappa shape index (κ2) is 7.82. The number of rotatable bonds is 5. The van der Waals surface area contributed by atoms with Gasteiger partial charge in [-0.3, -0.25) is 14.0 Å². The quantitative estimate of drug-likeness (QED) is 0.426. The van der Waals surface area contributed by atoms with Crippen LogP contribution in [0.1, 0.15) is 0 Å². The highest BCUT2D eigenvalue weighted by atomic mass is 32.2. The van der Waals surface area contributed by atoms with Crippen LogP contribution < -0.4 is 4.72 Å². The number of sulfonamides is 1. The van der Waals surface area contributed by atoms with Crippen molar-refractivity contribution in [1.82, 2.24) is 24.3 Å². The minimum atomic E-state index is -3.59. The molecule has 166 valence electrons. The Balaban J connectivity index is 1.65. The topological polar surface area (TPSA) is 94.7 Å². The van der Waals surface area contributed by atoms with Gasteiger partial charge in [-0.1, -0.05) is 24.3 Å². The number of halogens is 1. The highest BCUT2D eigenvalue weighted by Crippen LogP contribution is 2.29. The van der Waals surface area contributed by atoms with Gasteiger partial charge in [0.25, 0.3) is 0 Å². The number of nitrogens with one attached hydrogen (secondary N) is 1. The van der Waals surface area contributed by atoms with Gasteiger partial charge in [0.2, 0.25) is 10.0 Å². The molecule has 0 saturated carbocycles. The Bertz CT molecular complexity index is 1610. The van der Waals surface area contributed by atoms with Crippen molar-refractivity contribution in [3.05, 3.63) is 79.1 Å². The Labute approximate surface area is 189 Å². The van der Waals surface area contributed by atoms with Crippen LogP contribution in [-0.2, 0) is 17.1 Å². The summed E-state index contributed by atoms with van der Waals surface area (Å²) in [5.74, 6) is 0.0668. The van der Waals surface area contributed by atoms with Gasteiger partial charge in [0.1, 0.15) is 23.8 Å². The number of hydrogen-bond donors (Lipinski definition) is 1. The van der Waals surface area contributed by atoms with Gasteiger partial charge in [0.05, 0.1) is 23.5 Å². The van der Waals surface area contributed by atoms with Crippen LogP contribution in [0.15, 0.2) is 73.3 Å². The molecule has 10 heteroatoms. The first kappa shape index (κ1) is 20.8. The summed E-state index contributed by atoms with van der Waals surface area (Å²) in [6.45, 7) is 0. The fourth-order valence-corrected chi connectivity index (χ4v) is 4.16. The van der Waals surface area contributed by atoms with E-state index in [0.717, 1.165) is 28.4 Å². The molecule has 33 heavy (non-hydrogen) atoms. The summed E-state index contributed by atoms with van der Waals surface area (Å²) in [5.41, 5.74) is 4.25. The van der Waals surface area contributed by atoms with E-state index in [-0.39, 0.29) is 5.82 Å². The molecule has 0 spiro atoms. The monoisotopic (exact) mass is 462 g/mol. The van der Waals surface area contributed by atoms with Crippen molar-refractivity contribution in [3.63, 3.8) is 0 Å². The SMILES string of the molecule is Cn1cc(-c2ccc3c(c2)ncn3-c2cc(-c3ccccc3F)cc(NS(C)(=O)=O)n2)cn1. The lowest BCUT2D eigenvalue weighted by Crippen LogP contribution is -2.12. The normalized spacial score (nSPS) is 11.7. The molecule has 0 amide bonds. The van der Waals surface area contributed by atoms with Crippen molar-refractivity contribution >= 4 is 26.9 Å². The highest BCUT2D eigenvalue weighted by Gasteiger charge is 2.14. The average molecular weight is 463 g/mol. The van der Waals surface area contributed by atoms with E-state index in [0.29, 0.717) is 16.9 Å². The lowest BCUT2D eigenvalue weighted by atomic mass is 10.1. The number of anilines is 1. The van der Waals surface area contributed by atoms with E-state index in [2.05, 4.69) is 19.8 Å². The lowest BCUT2D eigenvalue weighted by molar-refractivity contribution is 0.606. The predicted molar refractivity (Wildman–Crippen MR) is 125 cm³/mol. The number of hydrogen-bond acceptors (Lipinski definition) is 5. The van der Waals surface area contributed by atoms with Crippen LogP contribution in [0.2, 0.25) is 0 Å². The third kappa shape index (κ3) is 4.20. The predicted octanol–water partition coefficient (Wildman–Crippen LogP) is 4.00. The van der Waals surface area contributed by atoms with E-state index < -0.39 is 15.8 Å². The Hall–Kier alpha value is -4.05. The number of pyridine rings is 1.